The Kier molecular flexibility index (Phi) is 9.95. The molecule has 0 aliphatic carbocycles. The maximum absolute atomic E-state index is 10.4. The van der Waals surface area contributed by atoms with Crippen molar-refractivity contribution < 1.29 is 31.8 Å². The van der Waals surface area contributed by atoms with Crippen molar-refractivity contribution in [2.24, 2.45) is 0 Å². The summed E-state index contributed by atoms with van der Waals surface area (Å²) in [6.07, 6.45) is 1.46. The van der Waals surface area contributed by atoms with Crippen LogP contribution in [0, 0.1) is 0 Å². The summed E-state index contributed by atoms with van der Waals surface area (Å²) >= 11 is 1.42. The normalized spacial score (nSPS) is 10.7. The van der Waals surface area contributed by atoms with E-state index in [4.69, 9.17) is 0 Å². The van der Waals surface area contributed by atoms with E-state index in [-0.39, 0.29) is 0 Å². The second-order valence-corrected chi connectivity index (χ2v) is 2.42. The van der Waals surface area contributed by atoms with Gasteiger partial charge in [-0.15, -0.1) is 4.99 Å². The third-order valence-electron chi connectivity index (χ3n) is 0.570. The van der Waals surface area contributed by atoms with E-state index in [9.17, 15) is 22.1 Å². The molecule has 0 radical (unpaired) electrons. The summed E-state index contributed by atoms with van der Waals surface area (Å²) in [6, 6.07) is 0. The van der Waals surface area contributed by atoms with E-state index in [0.29, 0.717) is 6.61 Å². The van der Waals surface area contributed by atoms with Gasteiger partial charge in [-0.2, -0.15) is 4.79 Å². The van der Waals surface area contributed by atoms with E-state index in [0.717, 1.165) is 0 Å². The highest BCUT2D eigenvalue weighted by atomic mass is 32.2. The standard InChI is InChI=1S/C5H9NO2S.BF4/c1-3-8-5(7)6-4-9-2;2-1(3,4)5/h4H,3H2,1-2H3;/q;-1/p+1. The van der Waals surface area contributed by atoms with Gasteiger partial charge in [0.1, 0.15) is 0 Å². The summed E-state index contributed by atoms with van der Waals surface area (Å²) in [5.74, 6) is 0. The second kappa shape index (κ2) is 8.85. The largest absolute Gasteiger partial charge is 0.673 e. The topological polar surface area (TPSA) is 40.3 Å². The number of nitrogens with one attached hydrogen (secondary N) is 1. The van der Waals surface area contributed by atoms with Crippen molar-refractivity contribution in [2.45, 2.75) is 6.92 Å². The Hall–Kier alpha value is -0.725. The van der Waals surface area contributed by atoms with Gasteiger partial charge in [0.2, 0.25) is 5.55 Å². The van der Waals surface area contributed by atoms with Gasteiger partial charge in [-0.3, -0.25) is 0 Å². The van der Waals surface area contributed by atoms with Crippen molar-refractivity contribution >= 4 is 30.7 Å². The fourth-order valence-corrected chi connectivity index (χ4v) is 0.494. The molecule has 0 aromatic carbocycles. The molecule has 9 heteroatoms. The molecule has 0 aromatic heterocycles. The summed E-state index contributed by atoms with van der Waals surface area (Å²) in [6.45, 7) is 2.17. The number of thioether (sulfide) groups is 1. The van der Waals surface area contributed by atoms with Crippen LogP contribution in [0.1, 0.15) is 6.92 Å². The Labute approximate surface area is 83.0 Å². The Morgan fingerprint density at radius 1 is 1.50 bits per heavy atom. The lowest BCUT2D eigenvalue weighted by Crippen LogP contribution is -2.73. The first-order valence-corrected chi connectivity index (χ1v) is 4.75. The average molecular weight is 235 g/mol. The van der Waals surface area contributed by atoms with Crippen LogP contribution in [0.3, 0.4) is 0 Å². The predicted octanol–water partition coefficient (Wildman–Crippen LogP) is 0.915. The molecule has 0 saturated heterocycles. The maximum atomic E-state index is 10.4. The molecule has 0 fully saturated rings. The van der Waals surface area contributed by atoms with Crippen LogP contribution in [0.5, 0.6) is 0 Å². The lowest BCUT2D eigenvalue weighted by atomic mass is 10.3. The lowest BCUT2D eigenvalue weighted by Gasteiger charge is -1.94. The van der Waals surface area contributed by atoms with E-state index in [1.54, 1.807) is 12.5 Å². The van der Waals surface area contributed by atoms with Gasteiger partial charge in [0, 0.05) is 0 Å². The van der Waals surface area contributed by atoms with E-state index >= 15 is 0 Å². The van der Waals surface area contributed by atoms with Crippen molar-refractivity contribution in [1.29, 1.82) is 0 Å². The third-order valence-corrected chi connectivity index (χ3v) is 0.924. The van der Waals surface area contributed by atoms with Gasteiger partial charge in [-0.05, 0) is 13.2 Å². The van der Waals surface area contributed by atoms with E-state index < -0.39 is 13.3 Å². The number of halogens is 4. The number of rotatable bonds is 2. The maximum Gasteiger partial charge on any atom is 0.673 e. The zero-order valence-electron chi connectivity index (χ0n) is 7.60. The summed E-state index contributed by atoms with van der Waals surface area (Å²) in [5.41, 5.74) is 1.57. The molecule has 3 nitrogen and oxygen atoms in total. The molecule has 0 unspecified atom stereocenters. The molecular weight excluding hydrogens is 225 g/mol. The van der Waals surface area contributed by atoms with Gasteiger partial charge in [0.25, 0.3) is 0 Å². The molecular formula is C5H10BF4NO2S. The Morgan fingerprint density at radius 2 is 1.93 bits per heavy atom. The third kappa shape index (κ3) is 30.2. The zero-order valence-corrected chi connectivity index (χ0v) is 8.41. The van der Waals surface area contributed by atoms with E-state index in [2.05, 4.69) is 9.73 Å². The molecule has 84 valence electrons. The van der Waals surface area contributed by atoms with E-state index in [1.807, 2.05) is 6.26 Å². The van der Waals surface area contributed by atoms with Crippen LogP contribution in [0.2, 0.25) is 0 Å². The van der Waals surface area contributed by atoms with Crippen LogP contribution in [0.15, 0.2) is 0 Å². The van der Waals surface area contributed by atoms with Gasteiger partial charge < -0.3 is 22.0 Å². The molecule has 1 N–H and O–H groups in total. The quantitative estimate of drug-likeness (QED) is 0.335. The fraction of sp³-hybridized carbons (Fsp3) is 0.600. The molecule has 0 spiro atoms. The molecule has 0 bridgehead atoms. The van der Waals surface area contributed by atoms with Crippen LogP contribution in [-0.2, 0) is 4.74 Å². The van der Waals surface area contributed by atoms with Crippen LogP contribution in [0.4, 0.5) is 22.1 Å². The predicted molar refractivity (Wildman–Crippen MR) is 47.7 cm³/mol. The molecule has 1 amide bonds. The summed E-state index contributed by atoms with van der Waals surface area (Å²) in [7, 11) is -6.00. The number of hydrogen-bond donors (Lipinski definition) is 1. The molecule has 0 aromatic rings. The summed E-state index contributed by atoms with van der Waals surface area (Å²) in [5, 5.41) is 0. The van der Waals surface area contributed by atoms with Gasteiger partial charge in [-0.1, -0.05) is 11.8 Å². The number of carbonyl (C=O) groups is 1. The average Bonchev–Trinajstić information content (AvgIpc) is 1.98. The number of ether oxygens (including phenoxy) is 1. The van der Waals surface area contributed by atoms with Crippen LogP contribution in [0.25, 0.3) is 0 Å². The smallest absolute Gasteiger partial charge is 0.418 e. The monoisotopic (exact) mass is 235 g/mol. The van der Waals surface area contributed by atoms with Gasteiger partial charge in [0.05, 0.1) is 6.61 Å². The van der Waals surface area contributed by atoms with Gasteiger partial charge in [-0.25, -0.2) is 0 Å². The summed E-state index contributed by atoms with van der Waals surface area (Å²) < 4.78 is 43.5. The first-order valence-electron chi connectivity index (χ1n) is 3.46. The SMILES string of the molecule is CCOC(=O)[NH+]=CSC.F[B-](F)(F)F. The molecule has 0 rings (SSSR count). The highest BCUT2D eigenvalue weighted by Crippen LogP contribution is 2.06. The molecule has 14 heavy (non-hydrogen) atoms. The molecule has 0 aliphatic rings. The van der Waals surface area contributed by atoms with E-state index in [1.165, 1.54) is 11.8 Å². The Bertz CT molecular complexity index is 181. The number of carbonyl (C=O) groups excluding carboxylic acids is 1. The number of hydrogen-bond acceptors (Lipinski definition) is 3. The van der Waals surface area contributed by atoms with Crippen molar-refractivity contribution in [3.63, 3.8) is 0 Å². The first kappa shape index (κ1) is 15.7. The van der Waals surface area contributed by atoms with Crippen molar-refractivity contribution in [3.8, 4) is 0 Å². The van der Waals surface area contributed by atoms with Crippen molar-refractivity contribution in [1.82, 2.24) is 0 Å². The minimum absolute atomic E-state index is 0.396. The second-order valence-electron chi connectivity index (χ2n) is 1.71. The molecule has 0 heterocycles. The molecule has 0 atom stereocenters. The summed E-state index contributed by atoms with van der Waals surface area (Å²) in [4.78, 5) is 12.8. The van der Waals surface area contributed by atoms with Crippen LogP contribution < -0.4 is 4.99 Å². The highest BCUT2D eigenvalue weighted by Gasteiger charge is 2.20. The number of amides is 1. The Morgan fingerprint density at radius 3 is 2.21 bits per heavy atom. The van der Waals surface area contributed by atoms with Crippen molar-refractivity contribution in [2.75, 3.05) is 12.9 Å². The first-order chi connectivity index (χ1) is 6.31. The molecule has 0 aliphatic heterocycles. The molecule has 0 saturated carbocycles. The lowest BCUT2D eigenvalue weighted by molar-refractivity contribution is -0.359. The Balaban J connectivity index is 0. The van der Waals surface area contributed by atoms with Gasteiger partial charge >= 0.3 is 13.3 Å². The minimum atomic E-state index is -6.00. The van der Waals surface area contributed by atoms with Gasteiger partial charge in [0.15, 0.2) is 0 Å². The zero-order chi connectivity index (χ0) is 11.6. The fourth-order valence-electron chi connectivity index (χ4n) is 0.280. The highest BCUT2D eigenvalue weighted by molar-refractivity contribution is 8.11. The van der Waals surface area contributed by atoms with Crippen molar-refractivity contribution in [3.05, 3.63) is 0 Å². The van der Waals surface area contributed by atoms with Crippen LogP contribution >= 0.6 is 11.8 Å². The van der Waals surface area contributed by atoms with Crippen LogP contribution in [-0.4, -0.2) is 31.8 Å². The minimum Gasteiger partial charge on any atom is -0.418 e.